The molecule has 130 valence electrons. The molecule has 24 heavy (non-hydrogen) atoms. The molecule has 8 heteroatoms. The quantitative estimate of drug-likeness (QED) is 0.565. The van der Waals surface area contributed by atoms with E-state index in [4.69, 9.17) is 0 Å². The normalized spacial score (nSPS) is 14.6. The summed E-state index contributed by atoms with van der Waals surface area (Å²) >= 11 is 0. The van der Waals surface area contributed by atoms with Crippen molar-refractivity contribution in [2.45, 2.75) is 40.2 Å². The fraction of sp³-hybridized carbons (Fsp3) is 0.438. The number of hydrogen-bond acceptors (Lipinski definition) is 5. The Hall–Kier alpha value is -2.22. The fourth-order valence-electron chi connectivity index (χ4n) is 2.63. The lowest BCUT2D eigenvalue weighted by Gasteiger charge is -2.15. The molecule has 4 rings (SSSR count). The topological polar surface area (TPSA) is 94.3 Å². The summed E-state index contributed by atoms with van der Waals surface area (Å²) < 4.78 is 0. The number of rotatable bonds is 5. The Kier molecular flexibility index (Phi) is 5.38. The first-order chi connectivity index (χ1) is 10.7. The van der Waals surface area contributed by atoms with Crippen LogP contribution in [0.4, 0.5) is 17.6 Å². The first kappa shape index (κ1) is 18.1. The molecule has 0 spiro atoms. The molecule has 1 atom stereocenters. The largest absolute Gasteiger partial charge is 0.367 e. The van der Waals surface area contributed by atoms with Gasteiger partial charge in [0.25, 0.3) is 0 Å². The summed E-state index contributed by atoms with van der Waals surface area (Å²) in [7, 11) is 0. The lowest BCUT2D eigenvalue weighted by Crippen LogP contribution is -2.18. The Labute approximate surface area is 148 Å². The Morgan fingerprint density at radius 1 is 1.29 bits per heavy atom. The van der Waals surface area contributed by atoms with Crippen molar-refractivity contribution in [2.75, 3.05) is 10.6 Å². The van der Waals surface area contributed by atoms with Gasteiger partial charge in [-0.1, -0.05) is 7.43 Å². The van der Waals surface area contributed by atoms with E-state index in [2.05, 4.69) is 42.7 Å². The number of aromatic nitrogens is 5. The van der Waals surface area contributed by atoms with Crippen molar-refractivity contribution in [3.63, 3.8) is 0 Å². The van der Waals surface area contributed by atoms with Crippen LogP contribution in [0.2, 0.25) is 0 Å². The second-order valence-corrected chi connectivity index (χ2v) is 5.97. The van der Waals surface area contributed by atoms with E-state index in [-0.39, 0.29) is 20.9 Å². The van der Waals surface area contributed by atoms with Crippen LogP contribution in [0.1, 0.15) is 32.9 Å². The van der Waals surface area contributed by atoms with E-state index in [0.29, 0.717) is 17.8 Å². The van der Waals surface area contributed by atoms with Crippen molar-refractivity contribution < 1.29 is 0 Å². The molecular weight excluding hydrogens is 322 g/mol. The number of hydrogen-bond donors (Lipinski definition) is 4. The second-order valence-electron chi connectivity index (χ2n) is 5.97. The number of H-pyrrole nitrogens is 2. The van der Waals surface area contributed by atoms with Gasteiger partial charge in [-0.3, -0.25) is 5.10 Å². The van der Waals surface area contributed by atoms with Crippen LogP contribution in [0.5, 0.6) is 0 Å². The highest BCUT2D eigenvalue weighted by Crippen LogP contribution is 2.34. The van der Waals surface area contributed by atoms with Gasteiger partial charge < -0.3 is 15.6 Å². The van der Waals surface area contributed by atoms with E-state index >= 15 is 0 Å². The average molecular weight is 347 g/mol. The van der Waals surface area contributed by atoms with E-state index < -0.39 is 0 Å². The molecule has 0 radical (unpaired) electrons. The zero-order valence-electron chi connectivity index (χ0n) is 13.1. The van der Waals surface area contributed by atoms with Crippen molar-refractivity contribution in [2.24, 2.45) is 5.92 Å². The number of fused-ring (bicyclic) bond motifs is 1. The maximum Gasteiger partial charge on any atom is 0.232 e. The molecular formula is C16H25N7S. The number of anilines is 3. The molecule has 3 aromatic rings. The van der Waals surface area contributed by atoms with Gasteiger partial charge in [0.15, 0.2) is 5.82 Å². The third-order valence-electron chi connectivity index (χ3n) is 4.06. The van der Waals surface area contributed by atoms with Gasteiger partial charge in [-0.25, -0.2) is 0 Å². The molecule has 3 aromatic heterocycles. The summed E-state index contributed by atoms with van der Waals surface area (Å²) in [6.45, 7) is 4.17. The van der Waals surface area contributed by atoms with Crippen LogP contribution < -0.4 is 10.6 Å². The third-order valence-corrected chi connectivity index (χ3v) is 4.06. The summed E-state index contributed by atoms with van der Waals surface area (Å²) in [5, 5.41) is 14.7. The van der Waals surface area contributed by atoms with Crippen LogP contribution in [0.15, 0.2) is 18.3 Å². The molecule has 7 nitrogen and oxygen atoms in total. The maximum atomic E-state index is 4.62. The van der Waals surface area contributed by atoms with Crippen LogP contribution >= 0.6 is 13.5 Å². The molecule has 3 heterocycles. The molecule has 1 aliphatic rings. The van der Waals surface area contributed by atoms with Gasteiger partial charge in [-0.2, -0.15) is 28.6 Å². The molecule has 1 fully saturated rings. The van der Waals surface area contributed by atoms with E-state index in [9.17, 15) is 0 Å². The average Bonchev–Trinajstić information content (AvgIpc) is 3.11. The molecule has 4 N–H and O–H groups in total. The minimum absolute atomic E-state index is 0. The van der Waals surface area contributed by atoms with Crippen LogP contribution in [-0.2, 0) is 0 Å². The molecule has 0 bridgehead atoms. The van der Waals surface area contributed by atoms with Gasteiger partial charge in [0.05, 0.1) is 5.39 Å². The van der Waals surface area contributed by atoms with E-state index in [0.717, 1.165) is 28.5 Å². The summed E-state index contributed by atoms with van der Waals surface area (Å²) in [6, 6.07) is 4.34. The predicted molar refractivity (Wildman–Crippen MR) is 103 cm³/mol. The molecule has 1 aliphatic carbocycles. The molecule has 0 aliphatic heterocycles. The van der Waals surface area contributed by atoms with Gasteiger partial charge in [0.2, 0.25) is 5.95 Å². The molecule has 0 aromatic carbocycles. The number of aryl methyl sites for hydroxylation is 1. The van der Waals surface area contributed by atoms with E-state index in [1.54, 1.807) is 0 Å². The summed E-state index contributed by atoms with van der Waals surface area (Å²) in [5.41, 5.74) is 1.81. The van der Waals surface area contributed by atoms with Crippen LogP contribution in [0.3, 0.4) is 0 Å². The zero-order valence-corrected chi connectivity index (χ0v) is 14.1. The monoisotopic (exact) mass is 347 g/mol. The van der Waals surface area contributed by atoms with E-state index in [1.165, 1.54) is 12.8 Å². The maximum absolute atomic E-state index is 4.62. The molecule has 0 amide bonds. The van der Waals surface area contributed by atoms with Gasteiger partial charge in [-0.15, -0.1) is 0 Å². The Morgan fingerprint density at radius 2 is 2.08 bits per heavy atom. The van der Waals surface area contributed by atoms with Crippen molar-refractivity contribution in [1.82, 2.24) is 25.1 Å². The zero-order chi connectivity index (χ0) is 15.1. The second kappa shape index (κ2) is 7.12. The fourth-order valence-corrected chi connectivity index (χ4v) is 2.63. The van der Waals surface area contributed by atoms with Gasteiger partial charge >= 0.3 is 0 Å². The van der Waals surface area contributed by atoms with Crippen molar-refractivity contribution >= 4 is 42.1 Å². The third kappa shape index (κ3) is 3.64. The lowest BCUT2D eigenvalue weighted by molar-refractivity contribution is 0.691. The number of nitrogens with one attached hydrogen (secondary N) is 4. The minimum atomic E-state index is 0. The highest BCUT2D eigenvalue weighted by Gasteiger charge is 2.28. The first-order valence-electron chi connectivity index (χ1n) is 7.60. The predicted octanol–water partition coefficient (Wildman–Crippen LogP) is 3.69. The van der Waals surface area contributed by atoms with Gasteiger partial charge in [-0.05, 0) is 38.7 Å². The highest BCUT2D eigenvalue weighted by molar-refractivity contribution is 7.59. The van der Waals surface area contributed by atoms with Crippen LogP contribution in [-0.4, -0.2) is 31.2 Å². The molecule has 1 saturated carbocycles. The number of aromatic amines is 2. The Balaban J connectivity index is 0.00000104. The first-order valence-corrected chi connectivity index (χ1v) is 7.60. The Bertz CT molecular complexity index is 806. The standard InChI is InChI=1S/C15H19N7.CH4.H2S/c1-8-7-12(22-21-8)18-15-19-13-11(5-6-16-13)14(20-15)17-9(2)10-3-4-10;;/h5-7,9-10H,3-4H2,1-2H3,(H4,16,17,18,19,20,21,22);1H4;1H2/t9-;;/m0../s1. The molecule has 0 unspecified atom stereocenters. The SMILES string of the molecule is C.Cc1cc(Nc2nc(N[C@@H](C)C3CC3)c3cc[nH]c3n2)n[nH]1.S. The molecule has 0 saturated heterocycles. The van der Waals surface area contributed by atoms with Crippen molar-refractivity contribution in [1.29, 1.82) is 0 Å². The Morgan fingerprint density at radius 3 is 2.75 bits per heavy atom. The minimum Gasteiger partial charge on any atom is -0.367 e. The van der Waals surface area contributed by atoms with Gasteiger partial charge in [0.1, 0.15) is 11.5 Å². The summed E-state index contributed by atoms with van der Waals surface area (Å²) in [5.74, 6) is 2.87. The van der Waals surface area contributed by atoms with Crippen LogP contribution in [0.25, 0.3) is 11.0 Å². The lowest BCUT2D eigenvalue weighted by atomic mass is 10.2. The highest BCUT2D eigenvalue weighted by atomic mass is 32.1. The van der Waals surface area contributed by atoms with E-state index in [1.807, 2.05) is 25.3 Å². The van der Waals surface area contributed by atoms with Crippen molar-refractivity contribution in [3.8, 4) is 0 Å². The van der Waals surface area contributed by atoms with Gasteiger partial charge in [0, 0.05) is 24.0 Å². The smallest absolute Gasteiger partial charge is 0.232 e. The number of nitrogens with zero attached hydrogens (tertiary/aromatic N) is 3. The van der Waals surface area contributed by atoms with Crippen LogP contribution in [0, 0.1) is 12.8 Å². The summed E-state index contributed by atoms with van der Waals surface area (Å²) in [4.78, 5) is 12.3. The summed E-state index contributed by atoms with van der Waals surface area (Å²) in [6.07, 6.45) is 4.48. The van der Waals surface area contributed by atoms with Crippen molar-refractivity contribution in [3.05, 3.63) is 24.0 Å².